The molecule has 0 radical (unpaired) electrons. The smallest absolute Gasteiger partial charge is 0.261 e. The van der Waals surface area contributed by atoms with Crippen molar-refractivity contribution in [1.82, 2.24) is 5.32 Å². The molecular formula is C15H23NO3S. The van der Waals surface area contributed by atoms with E-state index in [9.17, 15) is 14.7 Å². The molecule has 0 saturated heterocycles. The molecule has 4 nitrogen and oxygen atoms in total. The Hall–Kier alpha value is -1.20. The first-order valence-electron chi connectivity index (χ1n) is 7.02. The predicted molar refractivity (Wildman–Crippen MR) is 81.4 cm³/mol. The van der Waals surface area contributed by atoms with Gasteiger partial charge < -0.3 is 10.4 Å². The summed E-state index contributed by atoms with van der Waals surface area (Å²) in [6.07, 6.45) is 3.09. The molecule has 112 valence electrons. The van der Waals surface area contributed by atoms with Crippen LogP contribution in [0, 0.1) is 0 Å². The molecule has 0 atom stereocenters. The Morgan fingerprint density at radius 1 is 1.30 bits per heavy atom. The van der Waals surface area contributed by atoms with Crippen LogP contribution in [0.25, 0.3) is 0 Å². The highest BCUT2D eigenvalue weighted by Gasteiger charge is 2.25. The van der Waals surface area contributed by atoms with Crippen LogP contribution in [0.15, 0.2) is 11.4 Å². The summed E-state index contributed by atoms with van der Waals surface area (Å²) in [7, 11) is 0. The second-order valence-electron chi connectivity index (χ2n) is 5.16. The number of nitrogens with one attached hydrogen (secondary N) is 1. The molecule has 1 heterocycles. The summed E-state index contributed by atoms with van der Waals surface area (Å²) in [5.41, 5.74) is -0.280. The van der Waals surface area contributed by atoms with Crippen LogP contribution in [0.4, 0.5) is 0 Å². The molecule has 0 saturated carbocycles. The summed E-state index contributed by atoms with van der Waals surface area (Å²) >= 11 is 1.25. The lowest BCUT2D eigenvalue weighted by atomic mass is 9.92. The van der Waals surface area contributed by atoms with Gasteiger partial charge >= 0.3 is 0 Å². The van der Waals surface area contributed by atoms with Crippen molar-refractivity contribution >= 4 is 23.0 Å². The van der Waals surface area contributed by atoms with Crippen LogP contribution in [0.3, 0.4) is 0 Å². The summed E-state index contributed by atoms with van der Waals surface area (Å²) in [5, 5.41) is 14.9. The van der Waals surface area contributed by atoms with Gasteiger partial charge in [0.1, 0.15) is 0 Å². The average Bonchev–Trinajstić information content (AvgIpc) is 2.86. The van der Waals surface area contributed by atoms with Gasteiger partial charge in [0.2, 0.25) is 0 Å². The van der Waals surface area contributed by atoms with Gasteiger partial charge in [0.15, 0.2) is 5.78 Å². The lowest BCUT2D eigenvalue weighted by Gasteiger charge is -2.27. The molecule has 5 heteroatoms. The number of rotatable bonds is 8. The van der Waals surface area contributed by atoms with E-state index < -0.39 is 5.60 Å². The number of carbonyl (C=O) groups excluding carboxylic acids is 2. The Bertz CT molecular complexity index is 461. The van der Waals surface area contributed by atoms with Crippen LogP contribution in [0.2, 0.25) is 0 Å². The Kier molecular flexibility index (Phi) is 6.36. The first kappa shape index (κ1) is 16.9. The molecular weight excluding hydrogens is 274 g/mol. The van der Waals surface area contributed by atoms with Gasteiger partial charge in [-0.3, -0.25) is 9.59 Å². The molecule has 1 aromatic rings. The molecule has 0 aliphatic carbocycles. The van der Waals surface area contributed by atoms with Crippen LogP contribution in [0.5, 0.6) is 0 Å². The summed E-state index contributed by atoms with van der Waals surface area (Å²) in [6, 6.07) is 1.60. The Labute approximate surface area is 124 Å². The molecule has 0 aliphatic rings. The molecule has 0 unspecified atom stereocenters. The van der Waals surface area contributed by atoms with Gasteiger partial charge in [-0.15, -0.1) is 11.3 Å². The van der Waals surface area contributed by atoms with E-state index in [1.807, 2.05) is 13.8 Å². The third kappa shape index (κ3) is 4.72. The van der Waals surface area contributed by atoms with Crippen LogP contribution in [-0.4, -0.2) is 28.9 Å². The van der Waals surface area contributed by atoms with Crippen molar-refractivity contribution in [3.63, 3.8) is 0 Å². The summed E-state index contributed by atoms with van der Waals surface area (Å²) in [4.78, 5) is 23.7. The minimum atomic E-state index is -0.834. The number of hydrogen-bond acceptors (Lipinski definition) is 4. The van der Waals surface area contributed by atoms with Gasteiger partial charge in [0.05, 0.1) is 10.5 Å². The SMILES string of the molecule is CCCC(O)(CCC)CNC(=O)c1cc(C(C)=O)cs1. The fourth-order valence-corrected chi connectivity index (χ4v) is 3.07. The van der Waals surface area contributed by atoms with E-state index >= 15 is 0 Å². The molecule has 1 aromatic heterocycles. The van der Waals surface area contributed by atoms with Crippen molar-refractivity contribution in [1.29, 1.82) is 0 Å². The Balaban J connectivity index is 2.62. The van der Waals surface area contributed by atoms with Gasteiger partial charge in [-0.1, -0.05) is 26.7 Å². The van der Waals surface area contributed by atoms with Gasteiger partial charge in [-0.05, 0) is 25.8 Å². The third-order valence-electron chi connectivity index (χ3n) is 3.24. The van der Waals surface area contributed by atoms with Gasteiger partial charge in [0, 0.05) is 17.5 Å². The van der Waals surface area contributed by atoms with Gasteiger partial charge in [0.25, 0.3) is 5.91 Å². The van der Waals surface area contributed by atoms with E-state index in [2.05, 4.69) is 5.32 Å². The highest BCUT2D eigenvalue weighted by Crippen LogP contribution is 2.19. The summed E-state index contributed by atoms with van der Waals surface area (Å²) in [5.74, 6) is -0.276. The van der Waals surface area contributed by atoms with Crippen molar-refractivity contribution in [3.05, 3.63) is 21.9 Å². The molecule has 0 aromatic carbocycles. The third-order valence-corrected chi connectivity index (χ3v) is 4.17. The zero-order valence-electron chi connectivity index (χ0n) is 12.4. The number of hydrogen-bond donors (Lipinski definition) is 2. The van der Waals surface area contributed by atoms with E-state index in [0.717, 1.165) is 12.8 Å². The average molecular weight is 297 g/mol. The molecule has 0 fully saturated rings. The number of thiophene rings is 1. The van der Waals surface area contributed by atoms with Gasteiger partial charge in [-0.25, -0.2) is 0 Å². The molecule has 1 rings (SSSR count). The highest BCUT2D eigenvalue weighted by molar-refractivity contribution is 7.12. The standard InChI is InChI=1S/C15H23NO3S/c1-4-6-15(19,7-5-2)10-16-14(18)13-8-12(9-20-13)11(3)17/h8-9,19H,4-7,10H2,1-3H3,(H,16,18). The fraction of sp³-hybridized carbons (Fsp3) is 0.600. The second kappa shape index (κ2) is 7.55. The zero-order chi connectivity index (χ0) is 15.2. The van der Waals surface area contributed by atoms with Crippen molar-refractivity contribution < 1.29 is 14.7 Å². The molecule has 2 N–H and O–H groups in total. The maximum absolute atomic E-state index is 12.0. The van der Waals surface area contributed by atoms with Crippen LogP contribution in [0.1, 0.15) is 66.5 Å². The maximum atomic E-state index is 12.0. The van der Waals surface area contributed by atoms with E-state index in [1.165, 1.54) is 18.3 Å². The van der Waals surface area contributed by atoms with Crippen molar-refractivity contribution in [2.45, 2.75) is 52.1 Å². The summed E-state index contributed by atoms with van der Waals surface area (Å²) < 4.78 is 0. The normalized spacial score (nSPS) is 11.4. The molecule has 20 heavy (non-hydrogen) atoms. The lowest BCUT2D eigenvalue weighted by Crippen LogP contribution is -2.42. The molecule has 0 spiro atoms. The first-order chi connectivity index (χ1) is 9.41. The quantitative estimate of drug-likeness (QED) is 0.725. The molecule has 1 amide bonds. The van der Waals surface area contributed by atoms with E-state index in [1.54, 1.807) is 11.4 Å². The number of Topliss-reactive ketones (excluding diaryl/α,β-unsaturated/α-hetero) is 1. The predicted octanol–water partition coefficient (Wildman–Crippen LogP) is 3.01. The van der Waals surface area contributed by atoms with E-state index in [4.69, 9.17) is 0 Å². The van der Waals surface area contributed by atoms with Crippen molar-refractivity contribution in [2.75, 3.05) is 6.54 Å². The Morgan fingerprint density at radius 3 is 2.35 bits per heavy atom. The zero-order valence-corrected chi connectivity index (χ0v) is 13.2. The number of ketones is 1. The van der Waals surface area contributed by atoms with E-state index in [-0.39, 0.29) is 18.2 Å². The second-order valence-corrected chi connectivity index (χ2v) is 6.07. The number of aliphatic hydroxyl groups is 1. The first-order valence-corrected chi connectivity index (χ1v) is 7.90. The number of amides is 1. The van der Waals surface area contributed by atoms with Crippen LogP contribution >= 0.6 is 11.3 Å². The fourth-order valence-electron chi connectivity index (χ4n) is 2.20. The molecule has 0 bridgehead atoms. The maximum Gasteiger partial charge on any atom is 0.261 e. The van der Waals surface area contributed by atoms with Crippen molar-refractivity contribution in [2.24, 2.45) is 0 Å². The topological polar surface area (TPSA) is 66.4 Å². The van der Waals surface area contributed by atoms with E-state index in [0.29, 0.717) is 23.3 Å². The lowest BCUT2D eigenvalue weighted by molar-refractivity contribution is 0.0213. The van der Waals surface area contributed by atoms with Crippen LogP contribution < -0.4 is 5.32 Å². The Morgan fingerprint density at radius 2 is 1.90 bits per heavy atom. The minimum Gasteiger partial charge on any atom is -0.388 e. The van der Waals surface area contributed by atoms with Gasteiger partial charge in [-0.2, -0.15) is 0 Å². The van der Waals surface area contributed by atoms with Crippen LogP contribution in [-0.2, 0) is 0 Å². The highest BCUT2D eigenvalue weighted by atomic mass is 32.1. The minimum absolute atomic E-state index is 0.0474. The number of carbonyl (C=O) groups is 2. The summed E-state index contributed by atoms with van der Waals surface area (Å²) in [6.45, 7) is 5.76. The molecule has 0 aliphatic heterocycles. The van der Waals surface area contributed by atoms with Crippen molar-refractivity contribution in [3.8, 4) is 0 Å². The monoisotopic (exact) mass is 297 g/mol. The largest absolute Gasteiger partial charge is 0.388 e.